The Balaban J connectivity index is 1.57. The number of halogens is 1. The van der Waals surface area contributed by atoms with E-state index in [-0.39, 0.29) is 12.3 Å². The van der Waals surface area contributed by atoms with Crippen molar-refractivity contribution in [3.05, 3.63) is 58.7 Å². The number of aryl methyl sites for hydroxylation is 1. The van der Waals surface area contributed by atoms with Gasteiger partial charge in [0.05, 0.1) is 22.6 Å². The predicted octanol–water partition coefficient (Wildman–Crippen LogP) is 4.15. The SMILES string of the molecule is Cc1ccc2cccc(NC(=O)Cc3cc(Cl)c4c(c3)OCCO4)c2n1. The summed E-state index contributed by atoms with van der Waals surface area (Å²) in [5.41, 5.74) is 3.14. The van der Waals surface area contributed by atoms with Crippen LogP contribution in [0.5, 0.6) is 11.5 Å². The molecule has 5 nitrogen and oxygen atoms in total. The van der Waals surface area contributed by atoms with E-state index in [1.807, 2.05) is 37.3 Å². The van der Waals surface area contributed by atoms with Gasteiger partial charge >= 0.3 is 0 Å². The van der Waals surface area contributed by atoms with E-state index in [1.54, 1.807) is 12.1 Å². The van der Waals surface area contributed by atoms with Gasteiger partial charge in [-0.3, -0.25) is 9.78 Å². The fraction of sp³-hybridized carbons (Fsp3) is 0.200. The number of nitrogens with zero attached hydrogens (tertiary/aromatic N) is 1. The molecule has 0 fully saturated rings. The van der Waals surface area contributed by atoms with Crippen LogP contribution in [0.1, 0.15) is 11.3 Å². The molecule has 0 atom stereocenters. The van der Waals surface area contributed by atoms with Gasteiger partial charge in [-0.1, -0.05) is 29.8 Å². The molecule has 1 aliphatic heterocycles. The van der Waals surface area contributed by atoms with Gasteiger partial charge in [-0.05, 0) is 36.8 Å². The minimum Gasteiger partial charge on any atom is -0.486 e. The number of carbonyl (C=O) groups excluding carboxylic acids is 1. The molecule has 1 N–H and O–H groups in total. The minimum absolute atomic E-state index is 0.145. The number of amides is 1. The van der Waals surface area contributed by atoms with Crippen molar-refractivity contribution in [3.63, 3.8) is 0 Å². The zero-order chi connectivity index (χ0) is 18.1. The Morgan fingerprint density at radius 1 is 1.19 bits per heavy atom. The smallest absolute Gasteiger partial charge is 0.228 e. The van der Waals surface area contributed by atoms with Crippen LogP contribution in [0.3, 0.4) is 0 Å². The van der Waals surface area contributed by atoms with Crippen LogP contribution in [0.4, 0.5) is 5.69 Å². The first kappa shape index (κ1) is 16.7. The van der Waals surface area contributed by atoms with Crippen molar-refractivity contribution < 1.29 is 14.3 Å². The number of anilines is 1. The van der Waals surface area contributed by atoms with Crippen LogP contribution in [0.15, 0.2) is 42.5 Å². The van der Waals surface area contributed by atoms with Gasteiger partial charge in [0.1, 0.15) is 13.2 Å². The normalized spacial score (nSPS) is 12.8. The number of ether oxygens (including phenoxy) is 2. The Kier molecular flexibility index (Phi) is 4.39. The van der Waals surface area contributed by atoms with Gasteiger partial charge in [-0.2, -0.15) is 0 Å². The molecule has 0 saturated carbocycles. The van der Waals surface area contributed by atoms with Gasteiger partial charge in [0, 0.05) is 11.1 Å². The largest absolute Gasteiger partial charge is 0.486 e. The molecule has 0 bridgehead atoms. The van der Waals surface area contributed by atoms with E-state index in [1.165, 1.54) is 0 Å². The zero-order valence-electron chi connectivity index (χ0n) is 14.2. The van der Waals surface area contributed by atoms with Crippen molar-refractivity contribution in [2.45, 2.75) is 13.3 Å². The highest BCUT2D eigenvalue weighted by Crippen LogP contribution is 2.38. The topological polar surface area (TPSA) is 60.5 Å². The quantitative estimate of drug-likeness (QED) is 0.754. The average molecular weight is 369 g/mol. The zero-order valence-corrected chi connectivity index (χ0v) is 15.0. The number of hydrogen-bond acceptors (Lipinski definition) is 4. The molecular weight excluding hydrogens is 352 g/mol. The van der Waals surface area contributed by atoms with E-state index >= 15 is 0 Å². The summed E-state index contributed by atoms with van der Waals surface area (Å²) in [4.78, 5) is 17.1. The molecule has 4 rings (SSSR count). The first-order valence-corrected chi connectivity index (χ1v) is 8.72. The predicted molar refractivity (Wildman–Crippen MR) is 101 cm³/mol. The number of carbonyl (C=O) groups is 1. The number of rotatable bonds is 3. The molecule has 1 aromatic heterocycles. The van der Waals surface area contributed by atoms with Crippen LogP contribution in [0.25, 0.3) is 10.9 Å². The Morgan fingerprint density at radius 3 is 2.92 bits per heavy atom. The lowest BCUT2D eigenvalue weighted by molar-refractivity contribution is -0.115. The maximum absolute atomic E-state index is 12.5. The summed E-state index contributed by atoms with van der Waals surface area (Å²) in [5.74, 6) is 0.971. The molecule has 1 amide bonds. The summed E-state index contributed by atoms with van der Waals surface area (Å²) in [7, 11) is 0. The third-order valence-electron chi connectivity index (χ3n) is 4.15. The molecule has 132 valence electrons. The fourth-order valence-electron chi connectivity index (χ4n) is 2.99. The fourth-order valence-corrected chi connectivity index (χ4v) is 3.28. The second-order valence-corrected chi connectivity index (χ2v) is 6.56. The van der Waals surface area contributed by atoms with E-state index in [0.29, 0.717) is 35.4 Å². The number of hydrogen-bond donors (Lipinski definition) is 1. The van der Waals surface area contributed by atoms with E-state index < -0.39 is 0 Å². The van der Waals surface area contributed by atoms with Crippen molar-refractivity contribution in [3.8, 4) is 11.5 Å². The number of pyridine rings is 1. The Labute approximate surface area is 155 Å². The van der Waals surface area contributed by atoms with Crippen LogP contribution in [0, 0.1) is 6.92 Å². The maximum atomic E-state index is 12.5. The lowest BCUT2D eigenvalue weighted by atomic mass is 10.1. The Bertz CT molecular complexity index is 1000. The molecule has 0 saturated heterocycles. The van der Waals surface area contributed by atoms with E-state index in [4.69, 9.17) is 21.1 Å². The summed E-state index contributed by atoms with van der Waals surface area (Å²) in [6.45, 7) is 2.87. The van der Waals surface area contributed by atoms with Crippen LogP contribution < -0.4 is 14.8 Å². The highest BCUT2D eigenvalue weighted by Gasteiger charge is 2.18. The number of aromatic nitrogens is 1. The molecule has 0 aliphatic carbocycles. The molecule has 6 heteroatoms. The van der Waals surface area contributed by atoms with Gasteiger partial charge in [0.25, 0.3) is 0 Å². The number of para-hydroxylation sites is 1. The van der Waals surface area contributed by atoms with Crippen LogP contribution in [-0.4, -0.2) is 24.1 Å². The molecule has 26 heavy (non-hydrogen) atoms. The summed E-state index contributed by atoms with van der Waals surface area (Å²) in [6.07, 6.45) is 0.179. The third-order valence-corrected chi connectivity index (χ3v) is 4.44. The van der Waals surface area contributed by atoms with E-state index in [2.05, 4.69) is 10.3 Å². The first-order chi connectivity index (χ1) is 12.6. The van der Waals surface area contributed by atoms with Gasteiger partial charge in [0.2, 0.25) is 5.91 Å². The lowest BCUT2D eigenvalue weighted by Gasteiger charge is -2.20. The maximum Gasteiger partial charge on any atom is 0.228 e. The van der Waals surface area contributed by atoms with Crippen molar-refractivity contribution in [2.24, 2.45) is 0 Å². The molecule has 0 unspecified atom stereocenters. The van der Waals surface area contributed by atoms with Crippen LogP contribution in [0.2, 0.25) is 5.02 Å². The van der Waals surface area contributed by atoms with Crippen LogP contribution >= 0.6 is 11.6 Å². The average Bonchev–Trinajstić information content (AvgIpc) is 2.62. The van der Waals surface area contributed by atoms with Gasteiger partial charge in [-0.25, -0.2) is 0 Å². The Hall–Kier alpha value is -2.79. The summed E-state index contributed by atoms with van der Waals surface area (Å²) in [6, 6.07) is 13.2. The molecule has 0 spiro atoms. The van der Waals surface area contributed by atoms with E-state index in [0.717, 1.165) is 22.2 Å². The lowest BCUT2D eigenvalue weighted by Crippen LogP contribution is -2.17. The first-order valence-electron chi connectivity index (χ1n) is 8.34. The highest BCUT2D eigenvalue weighted by molar-refractivity contribution is 6.32. The second kappa shape index (κ2) is 6.84. The third kappa shape index (κ3) is 3.30. The summed E-state index contributed by atoms with van der Waals surface area (Å²) in [5, 5.41) is 4.38. The van der Waals surface area contributed by atoms with Gasteiger partial charge < -0.3 is 14.8 Å². The standard InChI is InChI=1S/C20H17ClN2O3/c1-12-5-6-14-3-2-4-16(19(14)22-12)23-18(24)11-13-9-15(21)20-17(10-13)25-7-8-26-20/h2-6,9-10H,7-8,11H2,1H3,(H,23,24). The minimum atomic E-state index is -0.145. The van der Waals surface area contributed by atoms with Crippen molar-refractivity contribution >= 4 is 34.1 Å². The summed E-state index contributed by atoms with van der Waals surface area (Å²) >= 11 is 6.24. The molecule has 0 radical (unpaired) electrons. The molecule has 2 aromatic carbocycles. The van der Waals surface area contributed by atoms with Gasteiger partial charge in [0.15, 0.2) is 11.5 Å². The number of fused-ring (bicyclic) bond motifs is 2. The summed E-state index contributed by atoms with van der Waals surface area (Å²) < 4.78 is 11.1. The number of nitrogens with one attached hydrogen (secondary N) is 1. The monoisotopic (exact) mass is 368 g/mol. The van der Waals surface area contributed by atoms with Gasteiger partial charge in [-0.15, -0.1) is 0 Å². The van der Waals surface area contributed by atoms with Crippen LogP contribution in [-0.2, 0) is 11.2 Å². The highest BCUT2D eigenvalue weighted by atomic mass is 35.5. The van der Waals surface area contributed by atoms with Crippen molar-refractivity contribution in [1.82, 2.24) is 4.98 Å². The molecular formula is C20H17ClN2O3. The van der Waals surface area contributed by atoms with Crippen molar-refractivity contribution in [1.29, 1.82) is 0 Å². The number of benzene rings is 2. The second-order valence-electron chi connectivity index (χ2n) is 6.16. The van der Waals surface area contributed by atoms with E-state index in [9.17, 15) is 4.79 Å². The molecule has 3 aromatic rings. The molecule has 1 aliphatic rings. The molecule has 2 heterocycles. The van der Waals surface area contributed by atoms with Crippen molar-refractivity contribution in [2.75, 3.05) is 18.5 Å². The Morgan fingerprint density at radius 2 is 2.04 bits per heavy atom.